The third-order valence-electron chi connectivity index (χ3n) is 5.97. The van der Waals surface area contributed by atoms with Gasteiger partial charge >= 0.3 is 12.0 Å². The fraction of sp³-hybridized carbons (Fsp3) is 0.375. The van der Waals surface area contributed by atoms with Gasteiger partial charge in [0.05, 0.1) is 31.2 Å². The van der Waals surface area contributed by atoms with Gasteiger partial charge in [0.1, 0.15) is 24.3 Å². The van der Waals surface area contributed by atoms with E-state index in [0.29, 0.717) is 35.5 Å². The van der Waals surface area contributed by atoms with Crippen LogP contribution in [0.4, 0.5) is 20.6 Å². The second-order valence-corrected chi connectivity index (χ2v) is 8.25. The van der Waals surface area contributed by atoms with Crippen LogP contribution >= 0.6 is 0 Å². The summed E-state index contributed by atoms with van der Waals surface area (Å²) in [5.41, 5.74) is 0.992. The molecule has 3 amide bonds. The van der Waals surface area contributed by atoms with Crippen molar-refractivity contribution >= 4 is 29.3 Å². The first-order chi connectivity index (χ1) is 16.3. The summed E-state index contributed by atoms with van der Waals surface area (Å²) in [5, 5.41) is 5.20. The topological polar surface area (TPSA) is 106 Å². The van der Waals surface area contributed by atoms with Crippen LogP contribution in [0.25, 0.3) is 0 Å². The molecule has 1 fully saturated rings. The molecule has 2 aliphatic rings. The van der Waals surface area contributed by atoms with Gasteiger partial charge in [0.15, 0.2) is 0 Å². The molecule has 10 heteroatoms. The number of rotatable bonds is 4. The van der Waals surface area contributed by atoms with E-state index >= 15 is 0 Å². The molecule has 0 aliphatic carbocycles. The van der Waals surface area contributed by atoms with E-state index in [1.165, 1.54) is 25.3 Å². The molecule has 1 saturated heterocycles. The molecule has 2 N–H and O–H groups in total. The Balaban J connectivity index is 1.47. The number of urea groups is 1. The number of benzene rings is 2. The number of anilines is 2. The average Bonchev–Trinajstić information content (AvgIpc) is 2.81. The number of hydrogen-bond acceptors (Lipinski definition) is 6. The van der Waals surface area contributed by atoms with Gasteiger partial charge in [-0.1, -0.05) is 6.07 Å². The first kappa shape index (κ1) is 23.5. The zero-order valence-electron chi connectivity index (χ0n) is 18.9. The maximum Gasteiger partial charge on any atom is 0.323 e. The van der Waals surface area contributed by atoms with Gasteiger partial charge in [0, 0.05) is 18.4 Å². The zero-order valence-corrected chi connectivity index (χ0v) is 18.9. The molecular formula is C24H26FN3O6. The van der Waals surface area contributed by atoms with E-state index in [2.05, 4.69) is 10.6 Å². The van der Waals surface area contributed by atoms with E-state index in [-0.39, 0.29) is 43.2 Å². The van der Waals surface area contributed by atoms with Gasteiger partial charge in [-0.2, -0.15) is 0 Å². The number of likely N-dealkylation sites (N-methyl/N-ethyl adjacent to an activating group) is 1. The van der Waals surface area contributed by atoms with Crippen molar-refractivity contribution in [3.8, 4) is 5.75 Å². The molecule has 0 aromatic heterocycles. The molecule has 2 heterocycles. The minimum atomic E-state index is -0.574. The molecule has 4 rings (SSSR count). The van der Waals surface area contributed by atoms with Crippen LogP contribution in [0, 0.1) is 5.82 Å². The Morgan fingerprint density at radius 3 is 2.65 bits per heavy atom. The first-order valence-electron chi connectivity index (χ1n) is 10.9. The van der Waals surface area contributed by atoms with Crippen molar-refractivity contribution in [2.75, 3.05) is 31.4 Å². The maximum atomic E-state index is 13.3. The van der Waals surface area contributed by atoms with E-state index in [9.17, 15) is 18.8 Å². The molecule has 34 heavy (non-hydrogen) atoms. The van der Waals surface area contributed by atoms with Gasteiger partial charge in [0.25, 0.3) is 5.91 Å². The van der Waals surface area contributed by atoms with Crippen molar-refractivity contribution in [1.29, 1.82) is 0 Å². The Morgan fingerprint density at radius 2 is 1.91 bits per heavy atom. The van der Waals surface area contributed by atoms with Gasteiger partial charge in [-0.3, -0.25) is 9.59 Å². The standard InChI is InChI=1S/C24H26FN3O6/c1-28-19-8-7-17(12-22(29)32-2)34-21(19)13-33-20-9-6-16(11-18(20)23(28)30)27-24(31)26-15-5-3-4-14(25)10-15/h3-6,9-11,17,19,21H,7-8,12-13H2,1-2H3,(H2,26,27,31)/t17-,19+,21-/m1/s1. The highest BCUT2D eigenvalue weighted by atomic mass is 19.1. The molecule has 0 radical (unpaired) electrons. The van der Waals surface area contributed by atoms with Crippen LogP contribution in [0.2, 0.25) is 0 Å². The summed E-state index contributed by atoms with van der Waals surface area (Å²) in [7, 11) is 3.04. The van der Waals surface area contributed by atoms with Crippen molar-refractivity contribution in [2.45, 2.75) is 37.5 Å². The van der Waals surface area contributed by atoms with Gasteiger partial charge in [0.2, 0.25) is 0 Å². The largest absolute Gasteiger partial charge is 0.490 e. The number of esters is 1. The summed E-state index contributed by atoms with van der Waals surface area (Å²) in [5.74, 6) is -0.711. The lowest BCUT2D eigenvalue weighted by molar-refractivity contribution is -0.151. The molecular weight excluding hydrogens is 445 g/mol. The van der Waals surface area contributed by atoms with Crippen LogP contribution in [0.15, 0.2) is 42.5 Å². The summed E-state index contributed by atoms with van der Waals surface area (Å²) in [4.78, 5) is 38.8. The van der Waals surface area contributed by atoms with Crippen LogP contribution in [0.5, 0.6) is 5.75 Å². The van der Waals surface area contributed by atoms with Gasteiger partial charge in [-0.25, -0.2) is 9.18 Å². The molecule has 0 unspecified atom stereocenters. The van der Waals surface area contributed by atoms with E-state index in [4.69, 9.17) is 14.2 Å². The van der Waals surface area contributed by atoms with Crippen molar-refractivity contribution in [1.82, 2.24) is 4.90 Å². The molecule has 2 aromatic carbocycles. The molecule has 9 nitrogen and oxygen atoms in total. The number of amides is 3. The van der Waals surface area contributed by atoms with E-state index in [1.54, 1.807) is 36.2 Å². The normalized spacial score (nSPS) is 21.8. The predicted molar refractivity (Wildman–Crippen MR) is 121 cm³/mol. The Kier molecular flexibility index (Phi) is 6.97. The third kappa shape index (κ3) is 5.28. The second-order valence-electron chi connectivity index (χ2n) is 8.25. The molecule has 0 bridgehead atoms. The van der Waals surface area contributed by atoms with Gasteiger partial charge < -0.3 is 29.7 Å². The Morgan fingerprint density at radius 1 is 1.15 bits per heavy atom. The molecule has 180 valence electrons. The smallest absolute Gasteiger partial charge is 0.323 e. The average molecular weight is 471 g/mol. The lowest BCUT2D eigenvalue weighted by Gasteiger charge is -2.42. The number of nitrogens with zero attached hydrogens (tertiary/aromatic N) is 1. The fourth-order valence-corrected chi connectivity index (χ4v) is 4.23. The number of carbonyl (C=O) groups excluding carboxylic acids is 3. The quantitative estimate of drug-likeness (QED) is 0.662. The van der Waals surface area contributed by atoms with Crippen LogP contribution in [0.1, 0.15) is 29.6 Å². The predicted octanol–water partition coefficient (Wildman–Crippen LogP) is 3.41. The van der Waals surface area contributed by atoms with E-state index in [0.717, 1.165) is 0 Å². The monoisotopic (exact) mass is 471 g/mol. The van der Waals surface area contributed by atoms with Crippen molar-refractivity contribution in [2.24, 2.45) is 0 Å². The summed E-state index contributed by atoms with van der Waals surface area (Å²) in [6, 6.07) is 9.50. The summed E-state index contributed by atoms with van der Waals surface area (Å²) < 4.78 is 30.0. The minimum absolute atomic E-state index is 0.153. The van der Waals surface area contributed by atoms with E-state index in [1.807, 2.05) is 0 Å². The molecule has 2 aromatic rings. The number of methoxy groups -OCH3 is 1. The van der Waals surface area contributed by atoms with Gasteiger partial charge in [-0.05, 0) is 49.2 Å². The molecule has 3 atom stereocenters. The molecule has 0 saturated carbocycles. The highest BCUT2D eigenvalue weighted by molar-refractivity contribution is 6.02. The zero-order chi connectivity index (χ0) is 24.2. The van der Waals surface area contributed by atoms with Crippen molar-refractivity contribution < 1.29 is 33.0 Å². The van der Waals surface area contributed by atoms with Crippen molar-refractivity contribution in [3.63, 3.8) is 0 Å². The Labute approximate surface area is 196 Å². The van der Waals surface area contributed by atoms with Crippen LogP contribution in [-0.4, -0.2) is 61.8 Å². The van der Waals surface area contributed by atoms with Crippen molar-refractivity contribution in [3.05, 3.63) is 53.8 Å². The van der Waals surface area contributed by atoms with Crippen LogP contribution < -0.4 is 15.4 Å². The lowest BCUT2D eigenvalue weighted by Crippen LogP contribution is -2.53. The lowest BCUT2D eigenvalue weighted by atomic mass is 9.94. The number of fused-ring (bicyclic) bond motifs is 2. The summed E-state index contributed by atoms with van der Waals surface area (Å²) in [6.07, 6.45) is 0.744. The third-order valence-corrected chi connectivity index (χ3v) is 5.97. The summed E-state index contributed by atoms with van der Waals surface area (Å²) in [6.45, 7) is 0.208. The molecule has 0 spiro atoms. The number of nitrogens with one attached hydrogen (secondary N) is 2. The number of ether oxygens (including phenoxy) is 3. The van der Waals surface area contributed by atoms with Crippen LogP contribution in [0.3, 0.4) is 0 Å². The highest BCUT2D eigenvalue weighted by Crippen LogP contribution is 2.32. The number of hydrogen-bond donors (Lipinski definition) is 2. The minimum Gasteiger partial charge on any atom is -0.490 e. The second kappa shape index (κ2) is 10.1. The number of carbonyl (C=O) groups is 3. The van der Waals surface area contributed by atoms with Gasteiger partial charge in [-0.15, -0.1) is 0 Å². The SMILES string of the molecule is COC(=O)C[C@H]1CC[C@H]2[C@@H](COc3ccc(NC(=O)Nc4cccc(F)c4)cc3C(=O)N2C)O1. The Bertz CT molecular complexity index is 1090. The summed E-state index contributed by atoms with van der Waals surface area (Å²) >= 11 is 0. The highest BCUT2D eigenvalue weighted by Gasteiger charge is 2.39. The van der Waals surface area contributed by atoms with Crippen LogP contribution in [-0.2, 0) is 14.3 Å². The molecule has 2 aliphatic heterocycles. The van der Waals surface area contributed by atoms with E-state index < -0.39 is 11.8 Å². The Hall–Kier alpha value is -3.66. The maximum absolute atomic E-state index is 13.3. The number of halogens is 1. The first-order valence-corrected chi connectivity index (χ1v) is 10.9. The fourth-order valence-electron chi connectivity index (χ4n) is 4.23.